The molecule has 2 aromatic rings. The first-order valence-corrected chi connectivity index (χ1v) is 6.02. The molecule has 0 radical (unpaired) electrons. The van der Waals surface area contributed by atoms with Crippen LogP contribution in [0.25, 0.3) is 10.7 Å². The van der Waals surface area contributed by atoms with E-state index < -0.39 is 0 Å². The molecule has 0 amide bonds. The van der Waals surface area contributed by atoms with Crippen molar-refractivity contribution >= 4 is 11.3 Å². The highest BCUT2D eigenvalue weighted by Crippen LogP contribution is 2.36. The van der Waals surface area contributed by atoms with Crippen molar-refractivity contribution in [3.8, 4) is 16.8 Å². The van der Waals surface area contributed by atoms with Crippen molar-refractivity contribution in [3.63, 3.8) is 0 Å². The van der Waals surface area contributed by atoms with Crippen LogP contribution in [-0.2, 0) is 0 Å². The maximum atomic E-state index is 8.73. The first-order valence-electron chi connectivity index (χ1n) is 5.21. The topological polar surface area (TPSA) is 62.7 Å². The van der Waals surface area contributed by atoms with Crippen LogP contribution in [0.1, 0.15) is 35.9 Å². The molecule has 0 aromatic carbocycles. The van der Waals surface area contributed by atoms with Gasteiger partial charge < -0.3 is 4.52 Å². The average Bonchev–Trinajstić information content (AvgIpc) is 2.81. The van der Waals surface area contributed by atoms with Crippen LogP contribution in [0, 0.1) is 11.3 Å². The smallest absolute Gasteiger partial charge is 0.230 e. The summed E-state index contributed by atoms with van der Waals surface area (Å²) < 4.78 is 5.23. The molecule has 0 atom stereocenters. The molecule has 0 unspecified atom stereocenters. The molecule has 3 rings (SSSR count). The summed E-state index contributed by atoms with van der Waals surface area (Å²) in [5.41, 5.74) is 0. The van der Waals surface area contributed by atoms with Gasteiger partial charge in [-0.15, -0.1) is 11.3 Å². The van der Waals surface area contributed by atoms with Gasteiger partial charge in [0, 0.05) is 5.92 Å². The third-order valence-corrected chi connectivity index (χ3v) is 3.82. The van der Waals surface area contributed by atoms with Crippen molar-refractivity contribution in [2.24, 2.45) is 0 Å². The van der Waals surface area contributed by atoms with Gasteiger partial charge in [0.25, 0.3) is 0 Å². The zero-order valence-electron chi connectivity index (χ0n) is 8.51. The van der Waals surface area contributed by atoms with Crippen molar-refractivity contribution in [2.75, 3.05) is 0 Å². The molecule has 0 N–H and O–H groups in total. The average molecular weight is 231 g/mol. The van der Waals surface area contributed by atoms with Gasteiger partial charge in [-0.05, 0) is 25.0 Å². The zero-order chi connectivity index (χ0) is 11.0. The first kappa shape index (κ1) is 9.55. The third kappa shape index (κ3) is 1.51. The molecule has 0 bridgehead atoms. The van der Waals surface area contributed by atoms with E-state index in [1.54, 1.807) is 6.07 Å². The van der Waals surface area contributed by atoms with E-state index in [-0.39, 0.29) is 0 Å². The molecule has 1 saturated carbocycles. The summed E-state index contributed by atoms with van der Waals surface area (Å²) in [6.45, 7) is 0. The number of nitrogens with zero attached hydrogens (tertiary/aromatic N) is 3. The van der Waals surface area contributed by atoms with Crippen LogP contribution in [0.2, 0.25) is 0 Å². The second-order valence-corrected chi connectivity index (χ2v) is 4.94. The Morgan fingerprint density at radius 2 is 2.31 bits per heavy atom. The van der Waals surface area contributed by atoms with Crippen LogP contribution in [-0.4, -0.2) is 10.1 Å². The lowest BCUT2D eigenvalue weighted by Crippen LogP contribution is -2.08. The number of nitriles is 1. The summed E-state index contributed by atoms with van der Waals surface area (Å²) in [5, 5.41) is 12.7. The first-order chi connectivity index (χ1) is 7.86. The molecule has 4 nitrogen and oxygen atoms in total. The van der Waals surface area contributed by atoms with E-state index in [0.717, 1.165) is 23.6 Å². The van der Waals surface area contributed by atoms with Crippen LogP contribution in [0.3, 0.4) is 0 Å². The van der Waals surface area contributed by atoms with Gasteiger partial charge in [0.15, 0.2) is 0 Å². The molecule has 0 aliphatic heterocycles. The van der Waals surface area contributed by atoms with Crippen molar-refractivity contribution in [3.05, 3.63) is 22.9 Å². The molecule has 0 saturated heterocycles. The zero-order valence-corrected chi connectivity index (χ0v) is 9.33. The molecular formula is C11H9N3OS. The van der Waals surface area contributed by atoms with Crippen molar-refractivity contribution in [1.29, 1.82) is 5.26 Å². The molecule has 1 fully saturated rings. The maximum Gasteiger partial charge on any atom is 0.230 e. The molecule has 5 heteroatoms. The number of rotatable bonds is 2. The predicted octanol–water partition coefficient (Wildman–Crippen LogP) is 2.94. The van der Waals surface area contributed by atoms with Crippen LogP contribution in [0.15, 0.2) is 16.7 Å². The normalized spacial score (nSPS) is 15.7. The number of hydrogen-bond acceptors (Lipinski definition) is 5. The molecule has 1 aliphatic rings. The summed E-state index contributed by atoms with van der Waals surface area (Å²) in [4.78, 5) is 5.94. The summed E-state index contributed by atoms with van der Waals surface area (Å²) in [6, 6.07) is 5.74. The minimum Gasteiger partial charge on any atom is -0.339 e. The van der Waals surface area contributed by atoms with Gasteiger partial charge in [0.2, 0.25) is 11.7 Å². The Morgan fingerprint density at radius 1 is 1.44 bits per heavy atom. The van der Waals surface area contributed by atoms with Crippen molar-refractivity contribution < 1.29 is 4.52 Å². The van der Waals surface area contributed by atoms with Gasteiger partial charge in [0.1, 0.15) is 10.9 Å². The molecular weight excluding hydrogens is 222 g/mol. The highest BCUT2D eigenvalue weighted by Gasteiger charge is 2.25. The van der Waals surface area contributed by atoms with Crippen LogP contribution in [0.4, 0.5) is 0 Å². The lowest BCUT2D eigenvalue weighted by atomic mass is 9.85. The van der Waals surface area contributed by atoms with Gasteiger partial charge in [-0.2, -0.15) is 10.2 Å². The Labute approximate surface area is 96.5 Å². The van der Waals surface area contributed by atoms with Gasteiger partial charge in [-0.25, -0.2) is 0 Å². The van der Waals surface area contributed by atoms with Gasteiger partial charge in [0.05, 0.1) is 4.88 Å². The Balaban J connectivity index is 1.89. The van der Waals surface area contributed by atoms with E-state index in [9.17, 15) is 0 Å². The number of hydrogen-bond donors (Lipinski definition) is 0. The Hall–Kier alpha value is -1.67. The van der Waals surface area contributed by atoms with Crippen molar-refractivity contribution in [1.82, 2.24) is 10.1 Å². The van der Waals surface area contributed by atoms with Crippen LogP contribution >= 0.6 is 11.3 Å². The highest BCUT2D eigenvalue weighted by atomic mass is 32.1. The van der Waals surface area contributed by atoms with Gasteiger partial charge in [-0.1, -0.05) is 11.6 Å². The van der Waals surface area contributed by atoms with Gasteiger partial charge in [-0.3, -0.25) is 0 Å². The Bertz CT molecular complexity index is 548. The van der Waals surface area contributed by atoms with E-state index in [1.807, 2.05) is 6.07 Å². The van der Waals surface area contributed by atoms with Crippen LogP contribution < -0.4 is 0 Å². The minimum absolute atomic E-state index is 0.455. The largest absolute Gasteiger partial charge is 0.339 e. The Kier molecular flexibility index (Phi) is 2.22. The minimum atomic E-state index is 0.455. The summed E-state index contributed by atoms with van der Waals surface area (Å²) in [5.74, 6) is 1.80. The Morgan fingerprint density at radius 3 is 2.94 bits per heavy atom. The molecule has 2 heterocycles. The van der Waals surface area contributed by atoms with Gasteiger partial charge >= 0.3 is 0 Å². The van der Waals surface area contributed by atoms with E-state index in [2.05, 4.69) is 16.2 Å². The second-order valence-electron chi connectivity index (χ2n) is 3.86. The lowest BCUT2D eigenvalue weighted by molar-refractivity contribution is 0.292. The molecule has 16 heavy (non-hydrogen) atoms. The standard InChI is InChI=1S/C11H9N3OS/c12-6-8-4-5-9(16-8)10-13-11(15-14-10)7-2-1-3-7/h4-5,7H,1-3H2. The molecule has 1 aliphatic carbocycles. The molecule has 80 valence electrons. The van der Waals surface area contributed by atoms with E-state index in [0.29, 0.717) is 16.6 Å². The third-order valence-electron chi connectivity index (χ3n) is 2.83. The summed E-state index contributed by atoms with van der Waals surface area (Å²) >= 11 is 1.39. The molecule has 0 spiro atoms. The number of aromatic nitrogens is 2. The summed E-state index contributed by atoms with van der Waals surface area (Å²) in [7, 11) is 0. The SMILES string of the molecule is N#Cc1ccc(-c2noc(C3CCC3)n2)s1. The molecule has 2 aromatic heterocycles. The second kappa shape index (κ2) is 3.72. The predicted molar refractivity (Wildman–Crippen MR) is 58.9 cm³/mol. The van der Waals surface area contributed by atoms with Crippen LogP contribution in [0.5, 0.6) is 0 Å². The fourth-order valence-corrected chi connectivity index (χ4v) is 2.40. The fraction of sp³-hybridized carbons (Fsp3) is 0.364. The summed E-state index contributed by atoms with van der Waals surface area (Å²) in [6.07, 6.45) is 3.55. The fourth-order valence-electron chi connectivity index (χ4n) is 1.67. The van der Waals surface area contributed by atoms with E-state index in [4.69, 9.17) is 9.78 Å². The lowest BCUT2D eigenvalue weighted by Gasteiger charge is -2.20. The highest BCUT2D eigenvalue weighted by molar-refractivity contribution is 7.15. The monoisotopic (exact) mass is 231 g/mol. The van der Waals surface area contributed by atoms with E-state index in [1.165, 1.54) is 17.8 Å². The van der Waals surface area contributed by atoms with Crippen molar-refractivity contribution in [2.45, 2.75) is 25.2 Å². The van der Waals surface area contributed by atoms with E-state index >= 15 is 0 Å². The number of thiophene rings is 1. The maximum absolute atomic E-state index is 8.73. The quantitative estimate of drug-likeness (QED) is 0.797.